The fraction of sp³-hybridized carbons (Fsp3) is 0.457. The van der Waals surface area contributed by atoms with E-state index in [9.17, 15) is 9.59 Å². The van der Waals surface area contributed by atoms with Crippen LogP contribution in [0.1, 0.15) is 60.0 Å². The molecule has 1 atom stereocenters. The lowest BCUT2D eigenvalue weighted by molar-refractivity contribution is 0.0825. The second-order valence-corrected chi connectivity index (χ2v) is 18.0. The monoisotopic (exact) mass is 715 g/mol. The molecular weight excluding hydrogens is 670 g/mol. The molecule has 0 N–H and O–H groups in total. The highest BCUT2D eigenvalue weighted by molar-refractivity contribution is 9.10. The number of methoxy groups -OCH3 is 3. The van der Waals surface area contributed by atoms with Gasteiger partial charge in [-0.1, -0.05) is 32.9 Å². The number of nitrogens with zero attached hydrogens (tertiary/aromatic N) is 1. The predicted molar refractivity (Wildman–Crippen MR) is 184 cm³/mol. The highest BCUT2D eigenvalue weighted by atomic mass is 79.9. The summed E-state index contributed by atoms with van der Waals surface area (Å²) >= 11 is 3.37. The number of hydrogen-bond acceptors (Lipinski definition) is 9. The number of benzene rings is 2. The fourth-order valence-electron chi connectivity index (χ4n) is 4.34. The Hall–Kier alpha value is -3.25. The zero-order valence-electron chi connectivity index (χ0n) is 28.1. The minimum atomic E-state index is -2.05. The molecule has 250 valence electrons. The Kier molecular flexibility index (Phi) is 13.8. The van der Waals surface area contributed by atoms with Gasteiger partial charge in [0.2, 0.25) is 0 Å². The van der Waals surface area contributed by atoms with Gasteiger partial charge in [0, 0.05) is 24.5 Å². The number of aromatic nitrogens is 1. The second-order valence-electron chi connectivity index (χ2n) is 12.4. The molecule has 3 aromatic rings. The summed E-state index contributed by atoms with van der Waals surface area (Å²) in [6.07, 6.45) is 0.380. The number of Topliss-reactive ketones (excluding diaryl/α,β-unsaturated/α-hetero) is 2. The van der Waals surface area contributed by atoms with Gasteiger partial charge >= 0.3 is 0 Å². The summed E-state index contributed by atoms with van der Waals surface area (Å²) < 4.78 is 34.4. The molecule has 9 nitrogen and oxygen atoms in total. The van der Waals surface area contributed by atoms with Gasteiger partial charge in [-0.05, 0) is 88.5 Å². The molecule has 2 aromatic carbocycles. The average molecular weight is 717 g/mol. The van der Waals surface area contributed by atoms with Crippen molar-refractivity contribution in [1.29, 1.82) is 0 Å². The summed E-state index contributed by atoms with van der Waals surface area (Å²) in [5, 5.41) is 0.0216. The fourth-order valence-corrected chi connectivity index (χ4v) is 5.89. The van der Waals surface area contributed by atoms with E-state index in [1.54, 1.807) is 37.4 Å². The largest absolute Gasteiger partial charge is 0.497 e. The Morgan fingerprint density at radius 2 is 1.52 bits per heavy atom. The van der Waals surface area contributed by atoms with Crippen LogP contribution in [0.25, 0.3) is 0 Å². The number of pyridine rings is 1. The summed E-state index contributed by atoms with van der Waals surface area (Å²) in [6.45, 7) is 12.3. The molecule has 1 heterocycles. The van der Waals surface area contributed by atoms with Gasteiger partial charge in [-0.25, -0.2) is 4.98 Å². The van der Waals surface area contributed by atoms with Crippen molar-refractivity contribution in [2.45, 2.75) is 58.4 Å². The topological polar surface area (TPSA) is 102 Å². The molecule has 1 unspecified atom stereocenters. The first-order valence-electron chi connectivity index (χ1n) is 15.2. The molecule has 0 spiro atoms. The van der Waals surface area contributed by atoms with Crippen LogP contribution >= 0.6 is 15.9 Å². The lowest BCUT2D eigenvalue weighted by atomic mass is 9.90. The third-order valence-corrected chi connectivity index (χ3v) is 13.3. The van der Waals surface area contributed by atoms with Crippen LogP contribution in [0.3, 0.4) is 0 Å². The van der Waals surface area contributed by atoms with Crippen molar-refractivity contribution in [3.05, 3.63) is 76.0 Å². The highest BCUT2D eigenvalue weighted by Gasteiger charge is 2.37. The van der Waals surface area contributed by atoms with Gasteiger partial charge in [0.25, 0.3) is 0 Å². The van der Waals surface area contributed by atoms with Crippen molar-refractivity contribution in [2.24, 2.45) is 5.92 Å². The van der Waals surface area contributed by atoms with Gasteiger partial charge in [0.1, 0.15) is 22.7 Å². The minimum absolute atomic E-state index is 0.00637. The molecule has 11 heteroatoms. The standard InChI is InChI=1S/C35H46BrNO8Si/c1-35(2,3)46(7,8)45-18-17-26(33(39)28-14-16-31(41-5)34(36)37-28)21-29(38)25-11-15-30(32(22-25)42-6)44-20-19-43-23-24-9-12-27(40-4)13-10-24/h9-16,22,26H,17-21,23H2,1-8H3. The van der Waals surface area contributed by atoms with E-state index < -0.39 is 14.2 Å². The normalized spacial score (nSPS) is 12.4. The Morgan fingerprint density at radius 1 is 0.848 bits per heavy atom. The third-order valence-electron chi connectivity index (χ3n) is 8.22. The molecule has 0 aliphatic carbocycles. The van der Waals surface area contributed by atoms with Crippen LogP contribution in [0.2, 0.25) is 18.1 Å². The SMILES string of the molecule is COc1ccc(COCCOc2ccc(C(=O)CC(CCO[Si](C)(C)C(C)(C)C)C(=O)c3ccc(OC)c(Br)n3)cc2OC)cc1. The van der Waals surface area contributed by atoms with E-state index in [-0.39, 0.29) is 28.7 Å². The van der Waals surface area contributed by atoms with Crippen LogP contribution in [0, 0.1) is 5.92 Å². The van der Waals surface area contributed by atoms with Crippen LogP contribution < -0.4 is 18.9 Å². The second kappa shape index (κ2) is 17.1. The zero-order chi connectivity index (χ0) is 33.9. The predicted octanol–water partition coefficient (Wildman–Crippen LogP) is 7.95. The first-order valence-corrected chi connectivity index (χ1v) is 18.9. The molecule has 0 bridgehead atoms. The number of halogens is 1. The maximum absolute atomic E-state index is 13.7. The van der Waals surface area contributed by atoms with Crippen LogP contribution in [0.15, 0.2) is 59.2 Å². The average Bonchev–Trinajstić information content (AvgIpc) is 3.03. The number of ketones is 2. The van der Waals surface area contributed by atoms with Gasteiger partial charge < -0.3 is 28.1 Å². The molecule has 1 aromatic heterocycles. The van der Waals surface area contributed by atoms with Crippen molar-refractivity contribution in [3.63, 3.8) is 0 Å². The zero-order valence-corrected chi connectivity index (χ0v) is 30.7. The van der Waals surface area contributed by atoms with Crippen molar-refractivity contribution < 1.29 is 37.7 Å². The summed E-state index contributed by atoms with van der Waals surface area (Å²) in [7, 11) is 2.64. The van der Waals surface area contributed by atoms with Gasteiger partial charge in [0.05, 0.1) is 34.5 Å². The van der Waals surface area contributed by atoms with E-state index in [4.69, 9.17) is 28.1 Å². The van der Waals surface area contributed by atoms with E-state index in [0.717, 1.165) is 11.3 Å². The summed E-state index contributed by atoms with van der Waals surface area (Å²) in [6, 6.07) is 16.0. The van der Waals surface area contributed by atoms with Crippen molar-refractivity contribution in [2.75, 3.05) is 41.2 Å². The Labute approximate surface area is 282 Å². The molecule has 0 saturated heterocycles. The van der Waals surface area contributed by atoms with E-state index in [1.807, 2.05) is 24.3 Å². The smallest absolute Gasteiger partial charge is 0.191 e. The maximum atomic E-state index is 13.7. The number of ether oxygens (including phenoxy) is 5. The van der Waals surface area contributed by atoms with Crippen LogP contribution in [0.4, 0.5) is 0 Å². The summed E-state index contributed by atoms with van der Waals surface area (Å²) in [5.74, 6) is 1.18. The molecule has 3 rings (SSSR count). The van der Waals surface area contributed by atoms with Crippen molar-refractivity contribution >= 4 is 35.8 Å². The molecule has 0 aliphatic heterocycles. The Morgan fingerprint density at radius 3 is 2.13 bits per heavy atom. The van der Waals surface area contributed by atoms with E-state index in [1.165, 1.54) is 14.2 Å². The Balaban J connectivity index is 1.67. The minimum Gasteiger partial charge on any atom is -0.497 e. The third kappa shape index (κ3) is 10.4. The van der Waals surface area contributed by atoms with E-state index in [0.29, 0.717) is 60.3 Å². The van der Waals surface area contributed by atoms with Crippen LogP contribution in [-0.2, 0) is 15.8 Å². The molecule has 0 aliphatic rings. The molecular formula is C35H46BrNO8Si. The summed E-state index contributed by atoms with van der Waals surface area (Å²) in [4.78, 5) is 31.7. The van der Waals surface area contributed by atoms with E-state index >= 15 is 0 Å². The first kappa shape index (κ1) is 37.2. The van der Waals surface area contributed by atoms with E-state index in [2.05, 4.69) is 54.8 Å². The molecule has 46 heavy (non-hydrogen) atoms. The van der Waals surface area contributed by atoms with Gasteiger partial charge in [-0.2, -0.15) is 0 Å². The highest BCUT2D eigenvalue weighted by Crippen LogP contribution is 2.37. The van der Waals surface area contributed by atoms with Gasteiger partial charge in [-0.15, -0.1) is 0 Å². The molecule has 0 saturated carbocycles. The van der Waals surface area contributed by atoms with Gasteiger partial charge in [0.15, 0.2) is 37.1 Å². The van der Waals surface area contributed by atoms with Gasteiger partial charge in [-0.3, -0.25) is 9.59 Å². The Bertz CT molecular complexity index is 1460. The lowest BCUT2D eigenvalue weighted by Gasteiger charge is -2.36. The molecule has 0 fully saturated rings. The van der Waals surface area contributed by atoms with Crippen LogP contribution in [-0.4, -0.2) is 66.0 Å². The number of rotatable bonds is 18. The van der Waals surface area contributed by atoms with Crippen molar-refractivity contribution in [1.82, 2.24) is 4.98 Å². The molecule has 0 radical (unpaired) electrons. The quantitative estimate of drug-likeness (QED) is 0.0562. The number of hydrogen-bond donors (Lipinski definition) is 0. The first-order chi connectivity index (χ1) is 21.8. The maximum Gasteiger partial charge on any atom is 0.191 e. The lowest BCUT2D eigenvalue weighted by Crippen LogP contribution is -2.41. The molecule has 0 amide bonds. The summed E-state index contributed by atoms with van der Waals surface area (Å²) in [5.41, 5.74) is 1.71. The van der Waals surface area contributed by atoms with Crippen LogP contribution in [0.5, 0.6) is 23.0 Å². The van der Waals surface area contributed by atoms with Crippen molar-refractivity contribution in [3.8, 4) is 23.0 Å². The number of carbonyl (C=O) groups excluding carboxylic acids is 2. The number of carbonyl (C=O) groups is 2.